The number of hydrogen-bond donors (Lipinski definition) is 4. The van der Waals surface area contributed by atoms with Gasteiger partial charge in [-0.1, -0.05) is 0 Å². The molecule has 1 unspecified atom stereocenters. The van der Waals surface area contributed by atoms with E-state index in [0.29, 0.717) is 16.6 Å². The van der Waals surface area contributed by atoms with Crippen LogP contribution >= 0.6 is 0 Å². The predicted octanol–water partition coefficient (Wildman–Crippen LogP) is 1.80. The van der Waals surface area contributed by atoms with Gasteiger partial charge in [0.15, 0.2) is 0 Å². The Morgan fingerprint density at radius 2 is 2.24 bits per heavy atom. The molecule has 1 aliphatic heterocycles. The number of rotatable bonds is 3. The number of aryl methyl sites for hydroxylation is 2. The van der Waals surface area contributed by atoms with Crippen molar-refractivity contribution in [1.82, 2.24) is 10.3 Å². The van der Waals surface area contributed by atoms with E-state index in [4.69, 9.17) is 5.73 Å². The zero-order valence-electron chi connectivity index (χ0n) is 12.1. The van der Waals surface area contributed by atoms with Crippen molar-refractivity contribution in [2.75, 3.05) is 18.4 Å². The summed E-state index contributed by atoms with van der Waals surface area (Å²) in [6, 6.07) is 1.40. The van der Waals surface area contributed by atoms with Crippen LogP contribution in [0.25, 0.3) is 10.9 Å². The summed E-state index contributed by atoms with van der Waals surface area (Å²) < 4.78 is 14.5. The fourth-order valence-electron chi connectivity index (χ4n) is 2.94. The number of carbonyl (C=O) groups is 1. The number of anilines is 1. The average Bonchev–Trinajstić information content (AvgIpc) is 3.02. The number of H-pyrrole nitrogens is 1. The van der Waals surface area contributed by atoms with Gasteiger partial charge in [-0.15, -0.1) is 0 Å². The molecular formula is C15H19FN4O. The first kappa shape index (κ1) is 13.9. The van der Waals surface area contributed by atoms with Crippen LogP contribution in [0.2, 0.25) is 0 Å². The second-order valence-corrected chi connectivity index (χ2v) is 5.60. The maximum absolute atomic E-state index is 14.5. The van der Waals surface area contributed by atoms with E-state index < -0.39 is 11.7 Å². The number of primary amides is 1. The van der Waals surface area contributed by atoms with Crippen molar-refractivity contribution in [3.05, 3.63) is 28.7 Å². The van der Waals surface area contributed by atoms with E-state index in [9.17, 15) is 9.18 Å². The van der Waals surface area contributed by atoms with Crippen LogP contribution in [0.5, 0.6) is 0 Å². The molecule has 5 nitrogen and oxygen atoms in total. The highest BCUT2D eigenvalue weighted by Gasteiger charge is 2.22. The summed E-state index contributed by atoms with van der Waals surface area (Å²) in [5.41, 5.74) is 8.45. The maximum atomic E-state index is 14.5. The molecule has 1 aliphatic rings. The number of hydrogen-bond acceptors (Lipinski definition) is 3. The topological polar surface area (TPSA) is 82.9 Å². The van der Waals surface area contributed by atoms with Crippen LogP contribution in [0.4, 0.5) is 10.1 Å². The SMILES string of the molecule is Cc1[nH]c2c(C(N)=O)cc(F)c(NC3CCNC3)c2c1C. The van der Waals surface area contributed by atoms with Crippen molar-refractivity contribution in [1.29, 1.82) is 0 Å². The number of nitrogens with two attached hydrogens (primary N) is 1. The summed E-state index contributed by atoms with van der Waals surface area (Å²) in [4.78, 5) is 14.7. The first-order valence-electron chi connectivity index (χ1n) is 7.07. The minimum absolute atomic E-state index is 0.189. The molecule has 1 amide bonds. The number of aromatic amines is 1. The molecule has 3 rings (SSSR count). The van der Waals surface area contributed by atoms with Gasteiger partial charge in [-0.2, -0.15) is 0 Å². The Bertz CT molecular complexity index is 716. The van der Waals surface area contributed by atoms with Gasteiger partial charge in [0.05, 0.1) is 16.8 Å². The van der Waals surface area contributed by atoms with Crippen LogP contribution in [0.1, 0.15) is 28.0 Å². The van der Waals surface area contributed by atoms with Crippen molar-refractivity contribution in [3.8, 4) is 0 Å². The second-order valence-electron chi connectivity index (χ2n) is 5.60. The summed E-state index contributed by atoms with van der Waals surface area (Å²) in [5, 5.41) is 7.22. The molecule has 5 N–H and O–H groups in total. The largest absolute Gasteiger partial charge is 0.378 e. The lowest BCUT2D eigenvalue weighted by Crippen LogP contribution is -2.23. The molecule has 0 bridgehead atoms. The minimum Gasteiger partial charge on any atom is -0.378 e. The fraction of sp³-hybridized carbons (Fsp3) is 0.400. The summed E-state index contributed by atoms with van der Waals surface area (Å²) >= 11 is 0. The Morgan fingerprint density at radius 3 is 2.86 bits per heavy atom. The third-order valence-electron chi connectivity index (χ3n) is 4.20. The Labute approximate surface area is 122 Å². The fourth-order valence-corrected chi connectivity index (χ4v) is 2.94. The molecule has 1 aromatic heterocycles. The van der Waals surface area contributed by atoms with Gasteiger partial charge in [0.25, 0.3) is 5.91 Å². The number of benzene rings is 1. The number of nitrogens with one attached hydrogen (secondary N) is 3. The normalized spacial score (nSPS) is 18.3. The van der Waals surface area contributed by atoms with Crippen molar-refractivity contribution in [2.24, 2.45) is 5.73 Å². The van der Waals surface area contributed by atoms with E-state index in [1.54, 1.807) is 0 Å². The molecule has 0 aliphatic carbocycles. The molecular weight excluding hydrogens is 271 g/mol. The van der Waals surface area contributed by atoms with Crippen LogP contribution in [-0.4, -0.2) is 30.0 Å². The van der Waals surface area contributed by atoms with Crippen molar-refractivity contribution < 1.29 is 9.18 Å². The smallest absolute Gasteiger partial charge is 0.250 e. The van der Waals surface area contributed by atoms with Crippen molar-refractivity contribution >= 4 is 22.5 Å². The van der Waals surface area contributed by atoms with Crippen LogP contribution in [-0.2, 0) is 0 Å². The van der Waals surface area contributed by atoms with Crippen LogP contribution < -0.4 is 16.4 Å². The zero-order valence-corrected chi connectivity index (χ0v) is 12.1. The highest BCUT2D eigenvalue weighted by atomic mass is 19.1. The van der Waals surface area contributed by atoms with Gasteiger partial charge in [-0.25, -0.2) is 4.39 Å². The standard InChI is InChI=1S/C15H19FN4O/c1-7-8(2)19-13-10(15(17)21)5-11(16)14(12(7)13)20-9-3-4-18-6-9/h5,9,18-20H,3-4,6H2,1-2H3,(H2,17,21). The van der Waals surface area contributed by atoms with E-state index in [1.165, 1.54) is 6.07 Å². The molecule has 1 aromatic carbocycles. The molecule has 1 saturated heterocycles. The third-order valence-corrected chi connectivity index (χ3v) is 4.20. The van der Waals surface area contributed by atoms with Gasteiger partial charge in [0, 0.05) is 23.7 Å². The number of halogens is 1. The minimum atomic E-state index is -0.630. The molecule has 112 valence electrons. The number of carbonyl (C=O) groups excluding carboxylic acids is 1. The maximum Gasteiger partial charge on any atom is 0.250 e. The predicted molar refractivity (Wildman–Crippen MR) is 81.1 cm³/mol. The van der Waals surface area contributed by atoms with Crippen LogP contribution in [0.3, 0.4) is 0 Å². The summed E-state index contributed by atoms with van der Waals surface area (Å²) in [6.07, 6.45) is 0.945. The van der Waals surface area contributed by atoms with E-state index in [0.717, 1.165) is 30.8 Å². The Kier molecular flexibility index (Phi) is 3.33. The summed E-state index contributed by atoms with van der Waals surface area (Å²) in [6.45, 7) is 5.54. The average molecular weight is 290 g/mol. The molecule has 0 radical (unpaired) electrons. The number of fused-ring (bicyclic) bond motifs is 1. The molecule has 2 heterocycles. The third kappa shape index (κ3) is 2.25. The first-order valence-corrected chi connectivity index (χ1v) is 7.07. The number of aromatic nitrogens is 1. The van der Waals surface area contributed by atoms with Gasteiger partial charge >= 0.3 is 0 Å². The first-order chi connectivity index (χ1) is 9.99. The van der Waals surface area contributed by atoms with Gasteiger partial charge in [0.2, 0.25) is 0 Å². The molecule has 0 saturated carbocycles. The van der Waals surface area contributed by atoms with Gasteiger partial charge in [0.1, 0.15) is 5.82 Å². The van der Waals surface area contributed by atoms with Gasteiger partial charge < -0.3 is 21.4 Å². The number of amides is 1. The molecule has 1 fully saturated rings. The van der Waals surface area contributed by atoms with Gasteiger partial charge in [-0.05, 0) is 38.4 Å². The van der Waals surface area contributed by atoms with Crippen molar-refractivity contribution in [2.45, 2.75) is 26.3 Å². The van der Waals surface area contributed by atoms with Crippen LogP contribution in [0, 0.1) is 19.7 Å². The molecule has 2 aromatic rings. The molecule has 0 spiro atoms. The lowest BCUT2D eigenvalue weighted by Gasteiger charge is -2.16. The van der Waals surface area contributed by atoms with Crippen LogP contribution in [0.15, 0.2) is 6.07 Å². The van der Waals surface area contributed by atoms with E-state index in [-0.39, 0.29) is 11.6 Å². The Hall–Kier alpha value is -2.08. The quantitative estimate of drug-likeness (QED) is 0.695. The second kappa shape index (κ2) is 5.04. The zero-order chi connectivity index (χ0) is 15.1. The molecule has 21 heavy (non-hydrogen) atoms. The highest BCUT2D eigenvalue weighted by Crippen LogP contribution is 2.34. The van der Waals surface area contributed by atoms with E-state index >= 15 is 0 Å². The van der Waals surface area contributed by atoms with Crippen molar-refractivity contribution in [3.63, 3.8) is 0 Å². The Morgan fingerprint density at radius 1 is 1.48 bits per heavy atom. The van der Waals surface area contributed by atoms with Gasteiger partial charge in [-0.3, -0.25) is 4.79 Å². The molecule has 6 heteroatoms. The Balaban J connectivity index is 2.21. The lowest BCUT2D eigenvalue weighted by atomic mass is 10.0. The highest BCUT2D eigenvalue weighted by molar-refractivity contribution is 6.10. The molecule has 1 atom stereocenters. The summed E-state index contributed by atoms with van der Waals surface area (Å²) in [5.74, 6) is -1.07. The van der Waals surface area contributed by atoms with E-state index in [2.05, 4.69) is 15.6 Å². The lowest BCUT2D eigenvalue weighted by molar-refractivity contribution is 0.100. The summed E-state index contributed by atoms with van der Waals surface area (Å²) in [7, 11) is 0. The van der Waals surface area contributed by atoms with E-state index in [1.807, 2.05) is 13.8 Å². The monoisotopic (exact) mass is 290 g/mol.